The molecule has 2 heteroatoms. The molecule has 0 aromatic heterocycles. The molecule has 0 saturated heterocycles. The molecule has 1 aromatic rings. The van der Waals surface area contributed by atoms with E-state index in [4.69, 9.17) is 10.00 Å². The fraction of sp³-hybridized carbons (Fsp3) is 0.100. The Labute approximate surface area is 71.7 Å². The van der Waals surface area contributed by atoms with Crippen LogP contribution in [-0.4, -0.2) is 6.61 Å². The Balaban J connectivity index is 2.35. The van der Waals surface area contributed by atoms with Gasteiger partial charge in [0.2, 0.25) is 0 Å². The van der Waals surface area contributed by atoms with Gasteiger partial charge < -0.3 is 4.74 Å². The highest BCUT2D eigenvalue weighted by Gasteiger charge is 1.85. The standard InChI is InChI=1S/C10H9NO/c11-8-4-5-9-12-10-6-2-1-3-7-10/h1-7H,9H2/b5-4+. The molecule has 0 radical (unpaired) electrons. The van der Waals surface area contributed by atoms with Crippen molar-refractivity contribution in [3.8, 4) is 11.8 Å². The van der Waals surface area contributed by atoms with Gasteiger partial charge in [-0.05, 0) is 18.2 Å². The Hall–Kier alpha value is -1.75. The zero-order valence-electron chi connectivity index (χ0n) is 6.60. The predicted octanol–water partition coefficient (Wildman–Crippen LogP) is 2.15. The number of rotatable bonds is 3. The second kappa shape index (κ2) is 4.97. The van der Waals surface area contributed by atoms with E-state index in [1.807, 2.05) is 36.4 Å². The molecule has 12 heavy (non-hydrogen) atoms. The van der Waals surface area contributed by atoms with Crippen LogP contribution in [0.5, 0.6) is 5.75 Å². The van der Waals surface area contributed by atoms with E-state index in [-0.39, 0.29) is 0 Å². The second-order valence-corrected chi connectivity index (χ2v) is 2.16. The summed E-state index contributed by atoms with van der Waals surface area (Å²) in [5, 5.41) is 8.17. The van der Waals surface area contributed by atoms with Crippen molar-refractivity contribution in [3.05, 3.63) is 42.5 Å². The van der Waals surface area contributed by atoms with Crippen LogP contribution in [0.15, 0.2) is 42.5 Å². The lowest BCUT2D eigenvalue weighted by atomic mass is 10.3. The Morgan fingerprint density at radius 1 is 1.33 bits per heavy atom. The highest BCUT2D eigenvalue weighted by atomic mass is 16.5. The summed E-state index contributed by atoms with van der Waals surface area (Å²) in [5.74, 6) is 0.820. The molecule has 0 fully saturated rings. The first kappa shape index (κ1) is 8.35. The van der Waals surface area contributed by atoms with E-state index in [1.54, 1.807) is 6.08 Å². The molecule has 0 aliphatic rings. The van der Waals surface area contributed by atoms with Crippen molar-refractivity contribution in [1.82, 2.24) is 0 Å². The molecule has 0 amide bonds. The van der Waals surface area contributed by atoms with E-state index in [1.165, 1.54) is 6.08 Å². The van der Waals surface area contributed by atoms with E-state index in [2.05, 4.69) is 0 Å². The molecular formula is C10H9NO. The van der Waals surface area contributed by atoms with Crippen molar-refractivity contribution in [2.75, 3.05) is 6.61 Å². The molecule has 0 spiro atoms. The van der Waals surface area contributed by atoms with E-state index in [9.17, 15) is 0 Å². The van der Waals surface area contributed by atoms with Gasteiger partial charge in [0.05, 0.1) is 6.07 Å². The summed E-state index contributed by atoms with van der Waals surface area (Å²) in [6.45, 7) is 0.442. The van der Waals surface area contributed by atoms with Crippen LogP contribution in [0.25, 0.3) is 0 Å². The average Bonchev–Trinajstić information content (AvgIpc) is 2.14. The van der Waals surface area contributed by atoms with Crippen LogP contribution in [0.2, 0.25) is 0 Å². The van der Waals surface area contributed by atoms with Crippen LogP contribution >= 0.6 is 0 Å². The highest BCUT2D eigenvalue weighted by Crippen LogP contribution is 2.07. The van der Waals surface area contributed by atoms with Crippen molar-refractivity contribution in [2.24, 2.45) is 0 Å². The number of para-hydroxylation sites is 1. The number of allylic oxidation sites excluding steroid dienone is 1. The lowest BCUT2D eigenvalue weighted by Crippen LogP contribution is -1.91. The summed E-state index contributed by atoms with van der Waals surface area (Å²) >= 11 is 0. The Bertz CT molecular complexity index is 284. The minimum Gasteiger partial charge on any atom is -0.490 e. The lowest BCUT2D eigenvalue weighted by molar-refractivity contribution is 0.363. The van der Waals surface area contributed by atoms with Crippen LogP contribution in [0.3, 0.4) is 0 Å². The van der Waals surface area contributed by atoms with Crippen LogP contribution in [0.1, 0.15) is 0 Å². The summed E-state index contributed by atoms with van der Waals surface area (Å²) in [4.78, 5) is 0. The first-order chi connectivity index (χ1) is 5.93. The van der Waals surface area contributed by atoms with Crippen LogP contribution in [-0.2, 0) is 0 Å². The average molecular weight is 159 g/mol. The van der Waals surface area contributed by atoms with Crippen molar-refractivity contribution < 1.29 is 4.74 Å². The maximum absolute atomic E-state index is 8.17. The molecule has 60 valence electrons. The molecule has 0 saturated carbocycles. The van der Waals surface area contributed by atoms with Gasteiger partial charge in [-0.15, -0.1) is 0 Å². The fourth-order valence-corrected chi connectivity index (χ4v) is 0.762. The number of ether oxygens (including phenoxy) is 1. The van der Waals surface area contributed by atoms with E-state index < -0.39 is 0 Å². The molecule has 0 N–H and O–H groups in total. The molecule has 0 atom stereocenters. The Morgan fingerprint density at radius 3 is 2.75 bits per heavy atom. The first-order valence-corrected chi connectivity index (χ1v) is 3.66. The van der Waals surface area contributed by atoms with E-state index in [0.29, 0.717) is 6.61 Å². The molecule has 1 aromatic carbocycles. The zero-order chi connectivity index (χ0) is 8.65. The highest BCUT2D eigenvalue weighted by molar-refractivity contribution is 5.21. The maximum atomic E-state index is 8.17. The quantitative estimate of drug-likeness (QED) is 0.633. The Morgan fingerprint density at radius 2 is 2.08 bits per heavy atom. The first-order valence-electron chi connectivity index (χ1n) is 3.66. The van der Waals surface area contributed by atoms with Crippen LogP contribution < -0.4 is 4.74 Å². The minimum absolute atomic E-state index is 0.442. The van der Waals surface area contributed by atoms with Gasteiger partial charge in [-0.25, -0.2) is 0 Å². The number of nitrogens with zero attached hydrogens (tertiary/aromatic N) is 1. The van der Waals surface area contributed by atoms with Gasteiger partial charge >= 0.3 is 0 Å². The SMILES string of the molecule is N#C/C=C/COc1ccccc1. The predicted molar refractivity (Wildman–Crippen MR) is 46.7 cm³/mol. The topological polar surface area (TPSA) is 33.0 Å². The third-order valence-electron chi connectivity index (χ3n) is 1.28. The van der Waals surface area contributed by atoms with E-state index in [0.717, 1.165) is 5.75 Å². The molecule has 0 unspecified atom stereocenters. The normalized spacial score (nSPS) is 9.58. The van der Waals surface area contributed by atoms with Gasteiger partial charge in [0.15, 0.2) is 0 Å². The van der Waals surface area contributed by atoms with Gasteiger partial charge in [0, 0.05) is 6.08 Å². The second-order valence-electron chi connectivity index (χ2n) is 2.16. The van der Waals surface area contributed by atoms with Crippen molar-refractivity contribution in [1.29, 1.82) is 5.26 Å². The maximum Gasteiger partial charge on any atom is 0.119 e. The van der Waals surface area contributed by atoms with Gasteiger partial charge in [-0.3, -0.25) is 0 Å². The van der Waals surface area contributed by atoms with Crippen molar-refractivity contribution in [3.63, 3.8) is 0 Å². The third kappa shape index (κ3) is 2.89. The summed E-state index contributed by atoms with van der Waals surface area (Å²) < 4.78 is 5.27. The van der Waals surface area contributed by atoms with Crippen molar-refractivity contribution >= 4 is 0 Å². The largest absolute Gasteiger partial charge is 0.490 e. The van der Waals surface area contributed by atoms with Crippen LogP contribution in [0, 0.1) is 11.3 Å². The molecule has 1 rings (SSSR count). The number of hydrogen-bond acceptors (Lipinski definition) is 2. The van der Waals surface area contributed by atoms with E-state index >= 15 is 0 Å². The smallest absolute Gasteiger partial charge is 0.119 e. The number of nitriles is 1. The minimum atomic E-state index is 0.442. The fourth-order valence-electron chi connectivity index (χ4n) is 0.762. The van der Waals surface area contributed by atoms with Gasteiger partial charge in [0.25, 0.3) is 0 Å². The zero-order valence-corrected chi connectivity index (χ0v) is 6.60. The number of hydrogen-bond donors (Lipinski definition) is 0. The third-order valence-corrected chi connectivity index (χ3v) is 1.28. The summed E-state index contributed by atoms with van der Waals surface area (Å²) in [7, 11) is 0. The van der Waals surface area contributed by atoms with Crippen molar-refractivity contribution in [2.45, 2.75) is 0 Å². The summed E-state index contributed by atoms with van der Waals surface area (Å²) in [6, 6.07) is 11.4. The summed E-state index contributed by atoms with van der Waals surface area (Å²) in [6.07, 6.45) is 3.08. The molecule has 0 heterocycles. The van der Waals surface area contributed by atoms with Gasteiger partial charge in [0.1, 0.15) is 12.4 Å². The lowest BCUT2D eigenvalue weighted by Gasteiger charge is -2.00. The Kier molecular flexibility index (Phi) is 3.46. The van der Waals surface area contributed by atoms with Gasteiger partial charge in [-0.2, -0.15) is 5.26 Å². The van der Waals surface area contributed by atoms with Gasteiger partial charge in [-0.1, -0.05) is 18.2 Å². The molecular weight excluding hydrogens is 150 g/mol. The molecule has 0 aliphatic heterocycles. The monoisotopic (exact) mass is 159 g/mol. The molecule has 0 aliphatic carbocycles. The molecule has 0 bridgehead atoms. The van der Waals surface area contributed by atoms with Crippen LogP contribution in [0.4, 0.5) is 0 Å². The number of benzene rings is 1. The molecule has 2 nitrogen and oxygen atoms in total. The summed E-state index contributed by atoms with van der Waals surface area (Å²) in [5.41, 5.74) is 0.